The molecule has 6 heteroatoms. The van der Waals surface area contributed by atoms with Crippen molar-refractivity contribution in [3.63, 3.8) is 0 Å². The van der Waals surface area contributed by atoms with Gasteiger partial charge in [-0.05, 0) is 35.0 Å². The molecule has 0 spiro atoms. The van der Waals surface area contributed by atoms with Gasteiger partial charge in [0.25, 0.3) is 0 Å². The van der Waals surface area contributed by atoms with Crippen molar-refractivity contribution in [3.8, 4) is 0 Å². The van der Waals surface area contributed by atoms with Gasteiger partial charge in [-0.3, -0.25) is 9.59 Å². The summed E-state index contributed by atoms with van der Waals surface area (Å²) in [5, 5.41) is 0. The monoisotopic (exact) mass is 346 g/mol. The van der Waals surface area contributed by atoms with Gasteiger partial charge in [0.05, 0.1) is 23.6 Å². The van der Waals surface area contributed by atoms with E-state index in [9.17, 15) is 9.59 Å². The molecule has 1 unspecified atom stereocenters. The maximum absolute atomic E-state index is 12.3. The lowest BCUT2D eigenvalue weighted by molar-refractivity contribution is -0.169. The van der Waals surface area contributed by atoms with Crippen LogP contribution >= 0.6 is 27.3 Å². The van der Waals surface area contributed by atoms with Crippen LogP contribution in [0.5, 0.6) is 0 Å². The summed E-state index contributed by atoms with van der Waals surface area (Å²) in [6.07, 6.45) is 0.617. The number of ether oxygens (including phenoxy) is 2. The summed E-state index contributed by atoms with van der Waals surface area (Å²) in [5.41, 5.74) is -1.17. The zero-order chi connectivity index (χ0) is 13.9. The number of esters is 1. The van der Waals surface area contributed by atoms with Crippen LogP contribution in [0.15, 0.2) is 15.9 Å². The number of thiophene rings is 1. The van der Waals surface area contributed by atoms with Gasteiger partial charge in [-0.15, -0.1) is 11.3 Å². The average Bonchev–Trinajstić information content (AvgIpc) is 2.78. The highest BCUT2D eigenvalue weighted by Crippen LogP contribution is 2.34. The van der Waals surface area contributed by atoms with E-state index in [0.29, 0.717) is 13.0 Å². The van der Waals surface area contributed by atoms with Crippen molar-refractivity contribution in [2.45, 2.75) is 19.8 Å². The number of halogens is 1. The molecule has 2 heterocycles. The second kappa shape index (κ2) is 6.15. The van der Waals surface area contributed by atoms with Crippen molar-refractivity contribution in [3.05, 3.63) is 20.8 Å². The van der Waals surface area contributed by atoms with Crippen molar-refractivity contribution in [1.82, 2.24) is 0 Å². The Hall–Kier alpha value is -0.720. The molecular weight excluding hydrogens is 332 g/mol. The number of carbonyl (C=O) groups excluding carboxylic acids is 2. The van der Waals surface area contributed by atoms with Crippen LogP contribution in [0.1, 0.15) is 18.2 Å². The third-order valence-corrected chi connectivity index (χ3v) is 4.75. The molecule has 0 aromatic carbocycles. The van der Waals surface area contributed by atoms with Gasteiger partial charge in [-0.2, -0.15) is 0 Å². The fourth-order valence-electron chi connectivity index (χ4n) is 2.14. The highest BCUT2D eigenvalue weighted by atomic mass is 79.9. The minimum atomic E-state index is -1.17. The summed E-state index contributed by atoms with van der Waals surface area (Å²) in [7, 11) is 0. The van der Waals surface area contributed by atoms with Crippen LogP contribution in [-0.4, -0.2) is 31.6 Å². The molecule has 2 rings (SSSR count). The molecule has 4 nitrogen and oxygen atoms in total. The standard InChI is InChI=1S/C13H15BrO4S/c1-2-18-12(16)13(8-17-6-5-10(13)15)7-9-3-4-11(14)19-9/h3-4H,2,5-8H2,1H3. The number of ketones is 1. The fourth-order valence-corrected chi connectivity index (χ4v) is 3.74. The Morgan fingerprint density at radius 3 is 2.95 bits per heavy atom. The summed E-state index contributed by atoms with van der Waals surface area (Å²) < 4.78 is 11.4. The van der Waals surface area contributed by atoms with E-state index in [1.54, 1.807) is 6.92 Å². The SMILES string of the molecule is CCOC(=O)C1(Cc2ccc(Br)s2)COCCC1=O. The zero-order valence-corrected chi connectivity index (χ0v) is 13.0. The second-order valence-corrected chi connectivity index (χ2v) is 6.96. The lowest BCUT2D eigenvalue weighted by atomic mass is 9.78. The molecule has 1 aliphatic heterocycles. The molecule has 0 N–H and O–H groups in total. The number of hydrogen-bond donors (Lipinski definition) is 0. The third-order valence-electron chi connectivity index (χ3n) is 3.13. The van der Waals surface area contributed by atoms with Crippen LogP contribution in [-0.2, 0) is 25.5 Å². The maximum atomic E-state index is 12.3. The molecule has 1 aromatic rings. The van der Waals surface area contributed by atoms with E-state index in [1.807, 2.05) is 12.1 Å². The number of hydrogen-bond acceptors (Lipinski definition) is 5. The summed E-state index contributed by atoms with van der Waals surface area (Å²) >= 11 is 4.90. The molecule has 1 aromatic heterocycles. The highest BCUT2D eigenvalue weighted by Gasteiger charge is 2.49. The Bertz CT molecular complexity index is 485. The summed E-state index contributed by atoms with van der Waals surface area (Å²) in [5.74, 6) is -0.550. The fraction of sp³-hybridized carbons (Fsp3) is 0.538. The van der Waals surface area contributed by atoms with Gasteiger partial charge < -0.3 is 9.47 Å². The van der Waals surface area contributed by atoms with Gasteiger partial charge >= 0.3 is 5.97 Å². The molecule has 0 aliphatic carbocycles. The van der Waals surface area contributed by atoms with Crippen LogP contribution in [0.2, 0.25) is 0 Å². The Morgan fingerprint density at radius 1 is 1.58 bits per heavy atom. The first-order valence-electron chi connectivity index (χ1n) is 6.11. The minimum Gasteiger partial charge on any atom is -0.465 e. The van der Waals surface area contributed by atoms with E-state index in [2.05, 4.69) is 15.9 Å². The largest absolute Gasteiger partial charge is 0.465 e. The molecule has 1 aliphatic rings. The van der Waals surface area contributed by atoms with E-state index in [4.69, 9.17) is 9.47 Å². The molecule has 1 atom stereocenters. The van der Waals surface area contributed by atoms with Gasteiger partial charge in [0, 0.05) is 17.7 Å². The average molecular weight is 347 g/mol. The van der Waals surface area contributed by atoms with Crippen LogP contribution < -0.4 is 0 Å². The summed E-state index contributed by atoms with van der Waals surface area (Å²) in [6.45, 7) is 2.50. The second-order valence-electron chi connectivity index (χ2n) is 4.41. The summed E-state index contributed by atoms with van der Waals surface area (Å²) in [6, 6.07) is 3.82. The molecule has 0 amide bonds. The molecule has 104 valence electrons. The van der Waals surface area contributed by atoms with E-state index >= 15 is 0 Å². The van der Waals surface area contributed by atoms with Gasteiger partial charge in [0.1, 0.15) is 0 Å². The van der Waals surface area contributed by atoms with E-state index in [0.717, 1.165) is 8.66 Å². The quantitative estimate of drug-likeness (QED) is 0.621. The van der Waals surface area contributed by atoms with Crippen LogP contribution in [0.4, 0.5) is 0 Å². The molecule has 1 fully saturated rings. The Morgan fingerprint density at radius 2 is 2.37 bits per heavy atom. The number of Topliss-reactive ketones (excluding diaryl/α,β-unsaturated/α-hetero) is 1. The smallest absolute Gasteiger partial charge is 0.322 e. The van der Waals surface area contributed by atoms with Crippen LogP contribution in [0, 0.1) is 5.41 Å². The number of rotatable bonds is 4. The van der Waals surface area contributed by atoms with Crippen molar-refractivity contribution < 1.29 is 19.1 Å². The van der Waals surface area contributed by atoms with Crippen molar-refractivity contribution in [2.24, 2.45) is 5.41 Å². The first-order chi connectivity index (χ1) is 9.08. The van der Waals surface area contributed by atoms with Gasteiger partial charge in [-0.25, -0.2) is 0 Å². The number of carbonyl (C=O) groups is 2. The Labute approximate surface area is 124 Å². The molecule has 0 bridgehead atoms. The lowest BCUT2D eigenvalue weighted by Gasteiger charge is -2.32. The molecule has 19 heavy (non-hydrogen) atoms. The zero-order valence-electron chi connectivity index (χ0n) is 10.6. The predicted octanol–water partition coefficient (Wildman–Crippen LogP) is 2.59. The van der Waals surface area contributed by atoms with E-state index in [1.165, 1.54) is 11.3 Å². The summed E-state index contributed by atoms with van der Waals surface area (Å²) in [4.78, 5) is 25.4. The Balaban J connectivity index is 2.27. The first-order valence-corrected chi connectivity index (χ1v) is 7.72. The predicted molar refractivity (Wildman–Crippen MR) is 75.2 cm³/mol. The van der Waals surface area contributed by atoms with Gasteiger partial charge in [0.2, 0.25) is 0 Å². The third kappa shape index (κ3) is 3.07. The minimum absolute atomic E-state index is 0.0817. The van der Waals surface area contributed by atoms with Crippen LogP contribution in [0.25, 0.3) is 0 Å². The van der Waals surface area contributed by atoms with E-state index < -0.39 is 11.4 Å². The molecule has 0 radical (unpaired) electrons. The lowest BCUT2D eigenvalue weighted by Crippen LogP contribution is -2.49. The maximum Gasteiger partial charge on any atom is 0.322 e. The van der Waals surface area contributed by atoms with Gasteiger partial charge in [0.15, 0.2) is 11.2 Å². The van der Waals surface area contributed by atoms with E-state index in [-0.39, 0.29) is 25.4 Å². The molecular formula is C13H15BrO4S. The van der Waals surface area contributed by atoms with Gasteiger partial charge in [-0.1, -0.05) is 0 Å². The van der Waals surface area contributed by atoms with Crippen molar-refractivity contribution in [2.75, 3.05) is 19.8 Å². The van der Waals surface area contributed by atoms with Crippen molar-refractivity contribution in [1.29, 1.82) is 0 Å². The Kier molecular flexibility index (Phi) is 4.76. The van der Waals surface area contributed by atoms with Crippen LogP contribution in [0.3, 0.4) is 0 Å². The van der Waals surface area contributed by atoms with Crippen molar-refractivity contribution >= 4 is 39.0 Å². The highest BCUT2D eigenvalue weighted by molar-refractivity contribution is 9.11. The molecule has 1 saturated heterocycles. The normalized spacial score (nSPS) is 23.4. The topological polar surface area (TPSA) is 52.6 Å². The molecule has 0 saturated carbocycles. The first kappa shape index (κ1) is 14.7.